The number of carbonyl (C=O) groups excluding carboxylic acids is 1. The van der Waals surface area contributed by atoms with Gasteiger partial charge in [-0.25, -0.2) is 13.4 Å². The second-order valence-electron chi connectivity index (χ2n) is 6.32. The second-order valence-corrected chi connectivity index (χ2v) is 9.66. The Morgan fingerprint density at radius 3 is 2.96 bits per heavy atom. The molecule has 1 aromatic carbocycles. The molecule has 3 rings (SSSR count). The third-order valence-corrected chi connectivity index (χ3v) is 6.81. The number of benzene rings is 1. The van der Waals surface area contributed by atoms with E-state index in [1.54, 1.807) is 6.20 Å². The number of rotatable bonds is 5. The first-order valence-electron chi connectivity index (χ1n) is 7.90. The molecule has 0 radical (unpaired) electrons. The molecule has 1 atom stereocenters. The van der Waals surface area contributed by atoms with Gasteiger partial charge in [-0.15, -0.1) is 11.3 Å². The molecule has 1 aliphatic heterocycles. The molecule has 1 fully saturated rings. The van der Waals surface area contributed by atoms with Crippen LogP contribution in [0.3, 0.4) is 0 Å². The highest BCUT2D eigenvalue weighted by molar-refractivity contribution is 7.91. The Hall–Kier alpha value is -1.73. The van der Waals surface area contributed by atoms with Gasteiger partial charge in [-0.2, -0.15) is 0 Å². The van der Waals surface area contributed by atoms with E-state index < -0.39 is 9.84 Å². The summed E-state index contributed by atoms with van der Waals surface area (Å²) in [4.78, 5) is 17.4. The van der Waals surface area contributed by atoms with E-state index in [0.717, 1.165) is 11.3 Å². The number of anilines is 1. The standard InChI is InChI=1S/C17H20N2O3S2/c1-12-3-2-4-13(7-12)8-15-10-18-17(23-15)19-16(20)9-14-5-6-24(21,22)11-14/h2-4,7,10,14H,5-6,8-9,11H2,1H3,(H,18,19,20). The third-order valence-electron chi connectivity index (χ3n) is 4.06. The van der Waals surface area contributed by atoms with Crippen LogP contribution < -0.4 is 5.32 Å². The Bertz CT molecular complexity index is 843. The highest BCUT2D eigenvalue weighted by Gasteiger charge is 2.29. The van der Waals surface area contributed by atoms with Crippen molar-refractivity contribution in [3.05, 3.63) is 46.5 Å². The minimum absolute atomic E-state index is 0.0678. The van der Waals surface area contributed by atoms with E-state index in [4.69, 9.17) is 0 Å². The van der Waals surface area contributed by atoms with Crippen molar-refractivity contribution >= 4 is 32.2 Å². The van der Waals surface area contributed by atoms with Gasteiger partial charge >= 0.3 is 0 Å². The van der Waals surface area contributed by atoms with Gasteiger partial charge in [-0.1, -0.05) is 29.8 Å². The van der Waals surface area contributed by atoms with Crippen molar-refractivity contribution in [1.82, 2.24) is 4.98 Å². The van der Waals surface area contributed by atoms with Gasteiger partial charge < -0.3 is 5.32 Å². The molecular weight excluding hydrogens is 344 g/mol. The van der Waals surface area contributed by atoms with E-state index >= 15 is 0 Å². The number of carbonyl (C=O) groups is 1. The number of hydrogen-bond donors (Lipinski definition) is 1. The molecule has 1 N–H and O–H groups in total. The molecule has 0 bridgehead atoms. The maximum Gasteiger partial charge on any atom is 0.226 e. The summed E-state index contributed by atoms with van der Waals surface area (Å²) in [5.41, 5.74) is 2.43. The first kappa shape index (κ1) is 17.1. The zero-order valence-electron chi connectivity index (χ0n) is 13.5. The number of sulfone groups is 1. The van der Waals surface area contributed by atoms with Crippen LogP contribution in [0.15, 0.2) is 30.5 Å². The van der Waals surface area contributed by atoms with Crippen LogP contribution in [0.5, 0.6) is 0 Å². The van der Waals surface area contributed by atoms with Gasteiger partial charge in [0, 0.05) is 23.9 Å². The van der Waals surface area contributed by atoms with Crippen molar-refractivity contribution in [3.8, 4) is 0 Å². The molecule has 1 unspecified atom stereocenters. The lowest BCUT2D eigenvalue weighted by atomic mass is 10.1. The molecule has 5 nitrogen and oxygen atoms in total. The van der Waals surface area contributed by atoms with Gasteiger partial charge in [-0.3, -0.25) is 4.79 Å². The van der Waals surface area contributed by atoms with Crippen LogP contribution >= 0.6 is 11.3 Å². The molecule has 128 valence electrons. The summed E-state index contributed by atoms with van der Waals surface area (Å²) in [5.74, 6) is 0.0926. The number of nitrogens with zero attached hydrogens (tertiary/aromatic N) is 1. The fourth-order valence-electron chi connectivity index (χ4n) is 2.94. The number of aromatic nitrogens is 1. The first-order chi connectivity index (χ1) is 11.4. The SMILES string of the molecule is Cc1cccc(Cc2cnc(NC(=O)CC3CCS(=O)(=O)C3)s2)c1. The zero-order valence-corrected chi connectivity index (χ0v) is 15.1. The zero-order chi connectivity index (χ0) is 17.2. The smallest absolute Gasteiger partial charge is 0.226 e. The summed E-state index contributed by atoms with van der Waals surface area (Å²) in [7, 11) is -2.94. The average molecular weight is 364 g/mol. The van der Waals surface area contributed by atoms with E-state index in [1.807, 2.05) is 6.07 Å². The second kappa shape index (κ2) is 7.03. The van der Waals surface area contributed by atoms with Crippen LogP contribution in [-0.4, -0.2) is 30.8 Å². The monoisotopic (exact) mass is 364 g/mol. The van der Waals surface area contributed by atoms with Crippen LogP contribution in [0.2, 0.25) is 0 Å². The number of hydrogen-bond acceptors (Lipinski definition) is 5. The Balaban J connectivity index is 1.55. The molecule has 1 saturated heterocycles. The lowest BCUT2D eigenvalue weighted by molar-refractivity contribution is -0.116. The van der Waals surface area contributed by atoms with Crippen molar-refractivity contribution in [1.29, 1.82) is 0 Å². The number of amides is 1. The first-order valence-corrected chi connectivity index (χ1v) is 10.5. The molecule has 2 heterocycles. The number of aryl methyl sites for hydroxylation is 1. The minimum atomic E-state index is -2.94. The van der Waals surface area contributed by atoms with E-state index in [2.05, 4.69) is 35.4 Å². The molecule has 0 aliphatic carbocycles. The van der Waals surface area contributed by atoms with Crippen molar-refractivity contribution in [2.45, 2.75) is 26.2 Å². The molecule has 24 heavy (non-hydrogen) atoms. The van der Waals surface area contributed by atoms with Crippen LogP contribution in [0.4, 0.5) is 5.13 Å². The highest BCUT2D eigenvalue weighted by atomic mass is 32.2. The maximum atomic E-state index is 12.1. The van der Waals surface area contributed by atoms with Crippen LogP contribution in [0.1, 0.15) is 28.8 Å². The van der Waals surface area contributed by atoms with Gasteiger partial charge in [0.15, 0.2) is 15.0 Å². The fourth-order valence-corrected chi connectivity index (χ4v) is 5.66. The number of nitrogens with one attached hydrogen (secondary N) is 1. The largest absolute Gasteiger partial charge is 0.302 e. The minimum Gasteiger partial charge on any atom is -0.302 e. The van der Waals surface area contributed by atoms with E-state index in [-0.39, 0.29) is 29.8 Å². The van der Waals surface area contributed by atoms with Gasteiger partial charge in [0.1, 0.15) is 0 Å². The quantitative estimate of drug-likeness (QED) is 0.885. The molecule has 1 amide bonds. The van der Waals surface area contributed by atoms with E-state index in [9.17, 15) is 13.2 Å². The lowest BCUT2D eigenvalue weighted by Gasteiger charge is -2.06. The van der Waals surface area contributed by atoms with E-state index in [0.29, 0.717) is 11.6 Å². The molecule has 2 aromatic rings. The molecule has 1 aliphatic rings. The van der Waals surface area contributed by atoms with Crippen molar-refractivity contribution in [2.24, 2.45) is 5.92 Å². The Morgan fingerprint density at radius 1 is 1.42 bits per heavy atom. The molecular formula is C17H20N2O3S2. The predicted octanol–water partition coefficient (Wildman–Crippen LogP) is 2.81. The normalized spacial score (nSPS) is 19.3. The summed E-state index contributed by atoms with van der Waals surface area (Å²) < 4.78 is 22.9. The summed E-state index contributed by atoms with van der Waals surface area (Å²) in [6.07, 6.45) is 3.39. The van der Waals surface area contributed by atoms with Crippen molar-refractivity contribution in [3.63, 3.8) is 0 Å². The van der Waals surface area contributed by atoms with Crippen LogP contribution in [0.25, 0.3) is 0 Å². The maximum absolute atomic E-state index is 12.1. The lowest BCUT2D eigenvalue weighted by Crippen LogP contribution is -2.17. The Morgan fingerprint density at radius 2 is 2.25 bits per heavy atom. The Kier molecular flexibility index (Phi) is 5.01. The summed E-state index contributed by atoms with van der Waals surface area (Å²) in [6, 6.07) is 8.30. The summed E-state index contributed by atoms with van der Waals surface area (Å²) in [5, 5.41) is 3.36. The highest BCUT2D eigenvalue weighted by Crippen LogP contribution is 2.24. The van der Waals surface area contributed by atoms with Crippen LogP contribution in [0, 0.1) is 12.8 Å². The Labute approximate surface area is 146 Å². The topological polar surface area (TPSA) is 76.1 Å². The van der Waals surface area contributed by atoms with Gasteiger partial charge in [-0.05, 0) is 24.8 Å². The van der Waals surface area contributed by atoms with Crippen LogP contribution in [-0.2, 0) is 21.1 Å². The summed E-state index contributed by atoms with van der Waals surface area (Å²) in [6.45, 7) is 2.06. The van der Waals surface area contributed by atoms with Crippen molar-refractivity contribution < 1.29 is 13.2 Å². The van der Waals surface area contributed by atoms with E-state index in [1.165, 1.54) is 22.5 Å². The fraction of sp³-hybridized carbons (Fsp3) is 0.412. The van der Waals surface area contributed by atoms with Crippen molar-refractivity contribution in [2.75, 3.05) is 16.8 Å². The summed E-state index contributed by atoms with van der Waals surface area (Å²) >= 11 is 1.46. The predicted molar refractivity (Wildman–Crippen MR) is 96.1 cm³/mol. The number of thiazole rings is 1. The third kappa shape index (κ3) is 4.64. The molecule has 0 spiro atoms. The van der Waals surface area contributed by atoms with Gasteiger partial charge in [0.05, 0.1) is 11.5 Å². The average Bonchev–Trinajstić information content (AvgIpc) is 3.05. The van der Waals surface area contributed by atoms with Gasteiger partial charge in [0.2, 0.25) is 5.91 Å². The molecule has 0 saturated carbocycles. The molecule has 7 heteroatoms. The van der Waals surface area contributed by atoms with Gasteiger partial charge in [0.25, 0.3) is 0 Å². The molecule has 1 aromatic heterocycles.